The van der Waals surface area contributed by atoms with Crippen LogP contribution in [0.3, 0.4) is 0 Å². The number of sulfonamides is 1. The van der Waals surface area contributed by atoms with Crippen LogP contribution in [-0.4, -0.2) is 69.1 Å². The summed E-state index contributed by atoms with van der Waals surface area (Å²) in [5.41, 5.74) is 0.524. The van der Waals surface area contributed by atoms with Crippen molar-refractivity contribution in [3.63, 3.8) is 0 Å². The Labute approximate surface area is 188 Å². The van der Waals surface area contributed by atoms with Gasteiger partial charge in [-0.05, 0) is 36.4 Å². The quantitative estimate of drug-likeness (QED) is 0.492. The standard InChI is InChI=1S/C20H18ClN3O7S/c1-23(2)32(29,30)16-8-11(4-7-15(16)21)20(28)31-10-17(25)22-12-5-6-13-14(9-12)19(27)24(3)18(13)26/h4-9H,10H2,1-3H3,(H,22,25). The Kier molecular flexibility index (Phi) is 6.35. The number of fused-ring (bicyclic) bond motifs is 1. The Morgan fingerprint density at radius 2 is 1.72 bits per heavy atom. The van der Waals surface area contributed by atoms with Gasteiger partial charge in [0.1, 0.15) is 4.90 Å². The fourth-order valence-electron chi connectivity index (χ4n) is 2.88. The number of carbonyl (C=O) groups excluding carboxylic acids is 4. The molecular weight excluding hydrogens is 462 g/mol. The van der Waals surface area contributed by atoms with Crippen LogP contribution in [0.1, 0.15) is 31.1 Å². The Hall–Kier alpha value is -3.28. The van der Waals surface area contributed by atoms with E-state index in [-0.39, 0.29) is 32.3 Å². The summed E-state index contributed by atoms with van der Waals surface area (Å²) in [5, 5.41) is 2.40. The van der Waals surface area contributed by atoms with Crippen molar-refractivity contribution in [1.82, 2.24) is 9.21 Å². The molecule has 0 unspecified atom stereocenters. The zero-order chi connectivity index (χ0) is 23.8. The second kappa shape index (κ2) is 8.69. The molecule has 0 atom stereocenters. The van der Waals surface area contributed by atoms with E-state index < -0.39 is 40.3 Å². The van der Waals surface area contributed by atoms with E-state index in [9.17, 15) is 27.6 Å². The lowest BCUT2D eigenvalue weighted by Gasteiger charge is -2.13. The van der Waals surface area contributed by atoms with E-state index in [1.54, 1.807) is 0 Å². The van der Waals surface area contributed by atoms with Crippen LogP contribution >= 0.6 is 11.6 Å². The van der Waals surface area contributed by atoms with Crippen molar-refractivity contribution < 1.29 is 32.3 Å². The number of carbonyl (C=O) groups is 4. The van der Waals surface area contributed by atoms with Crippen molar-refractivity contribution in [2.24, 2.45) is 0 Å². The molecule has 0 bridgehead atoms. The molecule has 0 radical (unpaired) electrons. The van der Waals surface area contributed by atoms with Crippen LogP contribution in [0.25, 0.3) is 0 Å². The van der Waals surface area contributed by atoms with Crippen LogP contribution in [0.15, 0.2) is 41.3 Å². The van der Waals surface area contributed by atoms with Crippen molar-refractivity contribution in [3.05, 3.63) is 58.1 Å². The summed E-state index contributed by atoms with van der Waals surface area (Å²) in [6.07, 6.45) is 0. The molecule has 3 rings (SSSR count). The zero-order valence-electron chi connectivity index (χ0n) is 17.2. The van der Waals surface area contributed by atoms with Gasteiger partial charge in [-0.15, -0.1) is 0 Å². The number of halogens is 1. The maximum Gasteiger partial charge on any atom is 0.338 e. The lowest BCUT2D eigenvalue weighted by molar-refractivity contribution is -0.119. The number of benzene rings is 2. The van der Waals surface area contributed by atoms with Gasteiger partial charge >= 0.3 is 5.97 Å². The smallest absolute Gasteiger partial charge is 0.338 e. The predicted molar refractivity (Wildman–Crippen MR) is 114 cm³/mol. The molecule has 1 aliphatic heterocycles. The van der Waals surface area contributed by atoms with Gasteiger partial charge in [0.25, 0.3) is 17.7 Å². The van der Waals surface area contributed by atoms with Crippen LogP contribution in [0, 0.1) is 0 Å². The Balaban J connectivity index is 1.67. The summed E-state index contributed by atoms with van der Waals surface area (Å²) < 4.78 is 30.5. The molecule has 2 aromatic carbocycles. The first-order valence-electron chi connectivity index (χ1n) is 9.09. The number of ether oxygens (including phenoxy) is 1. The van der Waals surface area contributed by atoms with E-state index >= 15 is 0 Å². The molecule has 3 amide bonds. The van der Waals surface area contributed by atoms with Gasteiger partial charge in [0, 0.05) is 26.8 Å². The van der Waals surface area contributed by atoms with Crippen molar-refractivity contribution in [2.75, 3.05) is 33.1 Å². The highest BCUT2D eigenvalue weighted by Crippen LogP contribution is 2.26. The van der Waals surface area contributed by atoms with E-state index in [4.69, 9.17) is 16.3 Å². The van der Waals surface area contributed by atoms with E-state index in [2.05, 4.69) is 5.32 Å². The summed E-state index contributed by atoms with van der Waals surface area (Å²) in [5.74, 6) is -2.55. The predicted octanol–water partition coefficient (Wildman–Crippen LogP) is 1.61. The van der Waals surface area contributed by atoms with Gasteiger partial charge in [0.15, 0.2) is 6.61 Å². The van der Waals surface area contributed by atoms with E-state index in [1.165, 1.54) is 51.5 Å². The summed E-state index contributed by atoms with van der Waals surface area (Å²) in [6.45, 7) is -0.666. The van der Waals surface area contributed by atoms with Crippen LogP contribution in [0.5, 0.6) is 0 Å². The molecule has 12 heteroatoms. The molecule has 0 saturated carbocycles. The minimum Gasteiger partial charge on any atom is -0.452 e. The summed E-state index contributed by atoms with van der Waals surface area (Å²) in [4.78, 5) is 49.1. The lowest BCUT2D eigenvalue weighted by atomic mass is 10.1. The molecule has 0 spiro atoms. The second-order valence-corrected chi connectivity index (χ2v) is 9.51. The third-order valence-electron chi connectivity index (χ3n) is 4.63. The van der Waals surface area contributed by atoms with Crippen molar-refractivity contribution in [3.8, 4) is 0 Å². The number of nitrogens with one attached hydrogen (secondary N) is 1. The Bertz CT molecular complexity index is 1260. The maximum absolute atomic E-state index is 12.3. The van der Waals surface area contributed by atoms with E-state index in [1.807, 2.05) is 0 Å². The molecular formula is C20H18ClN3O7S. The number of hydrogen-bond acceptors (Lipinski definition) is 7. The number of nitrogens with zero attached hydrogens (tertiary/aromatic N) is 2. The number of hydrogen-bond donors (Lipinski definition) is 1. The van der Waals surface area contributed by atoms with Gasteiger partial charge in [-0.1, -0.05) is 11.6 Å². The molecule has 1 heterocycles. The average molecular weight is 480 g/mol. The first-order chi connectivity index (χ1) is 14.9. The molecule has 2 aromatic rings. The second-order valence-electron chi connectivity index (χ2n) is 6.99. The molecule has 0 aliphatic carbocycles. The highest BCUT2D eigenvalue weighted by Gasteiger charge is 2.32. The van der Waals surface area contributed by atoms with Crippen molar-refractivity contribution in [1.29, 1.82) is 0 Å². The van der Waals surface area contributed by atoms with Gasteiger partial charge in [-0.3, -0.25) is 19.3 Å². The SMILES string of the molecule is CN1C(=O)c2ccc(NC(=O)COC(=O)c3ccc(Cl)c(S(=O)(=O)N(C)C)c3)cc2C1=O. The first-order valence-corrected chi connectivity index (χ1v) is 10.9. The molecule has 0 fully saturated rings. The van der Waals surface area contributed by atoms with Crippen LogP contribution in [-0.2, 0) is 19.6 Å². The fraction of sp³-hybridized carbons (Fsp3) is 0.200. The van der Waals surface area contributed by atoms with Gasteiger partial charge in [0.05, 0.1) is 21.7 Å². The summed E-state index contributed by atoms with van der Waals surface area (Å²) in [7, 11) is 0.104. The Morgan fingerprint density at radius 3 is 2.38 bits per heavy atom. The number of anilines is 1. The molecule has 168 valence electrons. The molecule has 10 nitrogen and oxygen atoms in total. The average Bonchev–Trinajstić information content (AvgIpc) is 2.95. The lowest BCUT2D eigenvalue weighted by Crippen LogP contribution is -2.24. The zero-order valence-corrected chi connectivity index (χ0v) is 18.8. The van der Waals surface area contributed by atoms with E-state index in [0.29, 0.717) is 0 Å². The normalized spacial score (nSPS) is 13.3. The molecule has 0 saturated heterocycles. The van der Waals surface area contributed by atoms with Crippen LogP contribution < -0.4 is 5.32 Å². The Morgan fingerprint density at radius 1 is 1.06 bits per heavy atom. The van der Waals surface area contributed by atoms with Crippen LogP contribution in [0.2, 0.25) is 5.02 Å². The maximum atomic E-state index is 12.3. The molecule has 32 heavy (non-hydrogen) atoms. The number of imide groups is 1. The first kappa shape index (κ1) is 23.4. The highest BCUT2D eigenvalue weighted by atomic mass is 35.5. The number of amides is 3. The third-order valence-corrected chi connectivity index (χ3v) is 6.93. The highest BCUT2D eigenvalue weighted by molar-refractivity contribution is 7.89. The van der Waals surface area contributed by atoms with E-state index in [0.717, 1.165) is 15.3 Å². The fourth-order valence-corrected chi connectivity index (χ4v) is 4.27. The van der Waals surface area contributed by atoms with Crippen molar-refractivity contribution >= 4 is 51.0 Å². The summed E-state index contributed by atoms with van der Waals surface area (Å²) >= 11 is 5.95. The van der Waals surface area contributed by atoms with Gasteiger partial charge in [-0.25, -0.2) is 17.5 Å². The number of rotatable bonds is 6. The summed E-state index contributed by atoms with van der Waals surface area (Å²) in [6, 6.07) is 7.81. The largest absolute Gasteiger partial charge is 0.452 e. The van der Waals surface area contributed by atoms with Gasteiger partial charge in [-0.2, -0.15) is 0 Å². The van der Waals surface area contributed by atoms with Crippen LogP contribution in [0.4, 0.5) is 5.69 Å². The minimum atomic E-state index is -3.89. The monoisotopic (exact) mass is 479 g/mol. The molecule has 0 aromatic heterocycles. The number of esters is 1. The minimum absolute atomic E-state index is 0.0664. The van der Waals surface area contributed by atoms with Crippen molar-refractivity contribution in [2.45, 2.75) is 4.90 Å². The molecule has 1 N–H and O–H groups in total. The topological polar surface area (TPSA) is 130 Å². The van der Waals surface area contributed by atoms with Gasteiger partial charge < -0.3 is 10.1 Å². The van der Waals surface area contributed by atoms with Gasteiger partial charge in [0.2, 0.25) is 10.0 Å². The third kappa shape index (κ3) is 4.35. The molecule has 1 aliphatic rings.